The molecule has 1 amide bonds. The highest BCUT2D eigenvalue weighted by Gasteiger charge is 2.15. The van der Waals surface area contributed by atoms with Crippen molar-refractivity contribution in [3.8, 4) is 5.75 Å². The van der Waals surface area contributed by atoms with Gasteiger partial charge in [0.05, 0.1) is 11.8 Å². The molecular formula is C23H28ClN3O4. The highest BCUT2D eigenvalue weighted by Crippen LogP contribution is 2.25. The maximum absolute atomic E-state index is 12.9. The van der Waals surface area contributed by atoms with E-state index in [9.17, 15) is 4.79 Å². The van der Waals surface area contributed by atoms with Gasteiger partial charge in [-0.15, -0.1) is 0 Å². The summed E-state index contributed by atoms with van der Waals surface area (Å²) >= 11 is 6.12. The van der Waals surface area contributed by atoms with E-state index in [-0.39, 0.29) is 5.91 Å². The molecule has 2 aromatic carbocycles. The van der Waals surface area contributed by atoms with Gasteiger partial charge >= 0.3 is 0 Å². The second-order valence-corrected chi connectivity index (χ2v) is 7.36. The Morgan fingerprint density at radius 3 is 2.68 bits per heavy atom. The van der Waals surface area contributed by atoms with Crippen molar-refractivity contribution in [3.05, 3.63) is 64.4 Å². The molecule has 1 saturated heterocycles. The van der Waals surface area contributed by atoms with Gasteiger partial charge in [-0.2, -0.15) is 0 Å². The number of nitrogens with zero attached hydrogens (tertiary/aromatic N) is 1. The van der Waals surface area contributed by atoms with Crippen molar-refractivity contribution in [3.63, 3.8) is 0 Å². The molecule has 0 atom stereocenters. The first-order valence-electron chi connectivity index (χ1n) is 9.94. The van der Waals surface area contributed by atoms with E-state index in [1.807, 2.05) is 25.8 Å². The Kier molecular flexibility index (Phi) is 10.0. The molecule has 0 radical (unpaired) electrons. The molecule has 8 heteroatoms. The Morgan fingerprint density at radius 2 is 2.00 bits per heavy atom. The fourth-order valence-corrected chi connectivity index (χ4v) is 3.42. The smallest absolute Gasteiger partial charge is 0.259 e. The highest BCUT2D eigenvalue weighted by atomic mass is 35.5. The lowest BCUT2D eigenvalue weighted by molar-refractivity contribution is -0.0980. The average molecular weight is 446 g/mol. The largest absolute Gasteiger partial charge is 0.516 e. The summed E-state index contributed by atoms with van der Waals surface area (Å²) in [4.78, 5) is 23.2. The van der Waals surface area contributed by atoms with Crippen molar-refractivity contribution in [2.75, 3.05) is 44.6 Å². The minimum atomic E-state index is -0.283. The van der Waals surface area contributed by atoms with Crippen molar-refractivity contribution in [1.82, 2.24) is 10.2 Å². The summed E-state index contributed by atoms with van der Waals surface area (Å²) in [6, 6.07) is 10.5. The van der Waals surface area contributed by atoms with Crippen molar-refractivity contribution >= 4 is 36.1 Å². The van der Waals surface area contributed by atoms with Gasteiger partial charge in [0.15, 0.2) is 0 Å². The van der Waals surface area contributed by atoms with Crippen molar-refractivity contribution < 1.29 is 19.4 Å². The number of rotatable bonds is 7. The van der Waals surface area contributed by atoms with Gasteiger partial charge in [0.1, 0.15) is 19.1 Å². The van der Waals surface area contributed by atoms with E-state index < -0.39 is 0 Å². The van der Waals surface area contributed by atoms with Crippen LogP contribution < -0.4 is 15.4 Å². The van der Waals surface area contributed by atoms with Crippen LogP contribution in [0, 0.1) is 6.92 Å². The molecule has 3 rings (SSSR count). The number of aryl methyl sites for hydroxylation is 1. The molecule has 3 N–H and O–H groups in total. The zero-order valence-electron chi connectivity index (χ0n) is 17.6. The van der Waals surface area contributed by atoms with E-state index in [2.05, 4.69) is 15.5 Å². The second kappa shape index (κ2) is 12.7. The van der Waals surface area contributed by atoms with Crippen molar-refractivity contribution in [2.45, 2.75) is 6.92 Å². The number of ether oxygens (including phenoxy) is 1. The molecule has 0 spiro atoms. The van der Waals surface area contributed by atoms with Crippen LogP contribution in [0.3, 0.4) is 0 Å². The van der Waals surface area contributed by atoms with E-state index >= 15 is 0 Å². The molecule has 0 aromatic heterocycles. The number of carbonyl (C=O) groups excluding carboxylic acids is 2. The van der Waals surface area contributed by atoms with Crippen LogP contribution in [0.5, 0.6) is 5.75 Å². The van der Waals surface area contributed by atoms with Crippen LogP contribution in [0.1, 0.15) is 21.5 Å². The number of hydrogen-bond acceptors (Lipinski definition) is 6. The summed E-state index contributed by atoms with van der Waals surface area (Å²) in [7, 11) is 0. The third kappa shape index (κ3) is 7.40. The van der Waals surface area contributed by atoms with Gasteiger partial charge < -0.3 is 25.3 Å². The average Bonchev–Trinajstić information content (AvgIpc) is 2.79. The Balaban J connectivity index is 0.00000166. The lowest BCUT2D eigenvalue weighted by atomic mass is 10.1. The quantitative estimate of drug-likeness (QED) is 0.565. The fourth-order valence-electron chi connectivity index (χ4n) is 3.24. The summed E-state index contributed by atoms with van der Waals surface area (Å²) in [5.74, 6) is 0.230. The molecule has 31 heavy (non-hydrogen) atoms. The van der Waals surface area contributed by atoms with Crippen LogP contribution in [0.4, 0.5) is 5.69 Å². The molecule has 0 bridgehead atoms. The Bertz CT molecular complexity index is 898. The summed E-state index contributed by atoms with van der Waals surface area (Å²) in [6.45, 7) is 9.20. The molecule has 0 aliphatic carbocycles. The van der Waals surface area contributed by atoms with Gasteiger partial charge in [0.25, 0.3) is 5.91 Å². The summed E-state index contributed by atoms with van der Waals surface area (Å²) in [5.41, 5.74) is 2.88. The highest BCUT2D eigenvalue weighted by molar-refractivity contribution is 6.31. The number of aliphatic hydroxyl groups excluding tert-OH is 1. The number of hydrogen-bond donors (Lipinski definition) is 3. The van der Waals surface area contributed by atoms with Crippen LogP contribution in [0.25, 0.3) is 6.08 Å². The molecule has 7 nitrogen and oxygen atoms in total. The minimum Gasteiger partial charge on any atom is -0.516 e. The van der Waals surface area contributed by atoms with Gasteiger partial charge in [-0.25, -0.2) is 0 Å². The molecule has 0 saturated carbocycles. The van der Waals surface area contributed by atoms with Gasteiger partial charge in [-0.05, 0) is 54.5 Å². The first kappa shape index (κ1) is 24.4. The normalized spacial score (nSPS) is 14.0. The number of benzene rings is 2. The Labute approximate surface area is 187 Å². The number of halogens is 1. The van der Waals surface area contributed by atoms with E-state index in [0.717, 1.165) is 50.1 Å². The third-order valence-electron chi connectivity index (χ3n) is 4.84. The van der Waals surface area contributed by atoms with Crippen LogP contribution in [0.2, 0.25) is 5.02 Å². The molecule has 1 aliphatic rings. The van der Waals surface area contributed by atoms with E-state index in [1.54, 1.807) is 30.3 Å². The summed E-state index contributed by atoms with van der Waals surface area (Å²) in [6.07, 6.45) is 2.60. The number of nitrogens with one attached hydrogen (secondary N) is 2. The van der Waals surface area contributed by atoms with Gasteiger partial charge in [-0.3, -0.25) is 9.69 Å². The summed E-state index contributed by atoms with van der Waals surface area (Å²) < 4.78 is 5.91. The first-order valence-corrected chi connectivity index (χ1v) is 10.3. The third-order valence-corrected chi connectivity index (χ3v) is 5.08. The maximum atomic E-state index is 12.9. The van der Waals surface area contributed by atoms with E-state index in [0.29, 0.717) is 28.6 Å². The topological polar surface area (TPSA) is 90.9 Å². The van der Waals surface area contributed by atoms with Crippen LogP contribution >= 0.6 is 11.6 Å². The van der Waals surface area contributed by atoms with E-state index in [1.165, 1.54) is 0 Å². The zero-order valence-corrected chi connectivity index (χ0v) is 18.3. The lowest BCUT2D eigenvalue weighted by Crippen LogP contribution is -2.44. The summed E-state index contributed by atoms with van der Waals surface area (Å²) in [5, 5.41) is 15.6. The molecule has 1 aliphatic heterocycles. The van der Waals surface area contributed by atoms with Crippen molar-refractivity contribution in [1.29, 1.82) is 0 Å². The first-order chi connectivity index (χ1) is 15.1. The molecule has 2 aromatic rings. The maximum Gasteiger partial charge on any atom is 0.259 e. The fraction of sp³-hybridized carbons (Fsp3) is 0.304. The molecule has 166 valence electrons. The van der Waals surface area contributed by atoms with E-state index in [4.69, 9.17) is 26.2 Å². The predicted molar refractivity (Wildman–Crippen MR) is 124 cm³/mol. The number of amides is 1. The molecular weight excluding hydrogens is 418 g/mol. The number of anilines is 1. The van der Waals surface area contributed by atoms with Gasteiger partial charge in [0, 0.05) is 43.4 Å². The molecule has 0 unspecified atom stereocenters. The molecule has 1 fully saturated rings. The zero-order chi connectivity index (χ0) is 22.6. The monoisotopic (exact) mass is 445 g/mol. The van der Waals surface area contributed by atoms with Crippen molar-refractivity contribution in [2.24, 2.45) is 0 Å². The van der Waals surface area contributed by atoms with Crippen LogP contribution in [-0.4, -0.2) is 62.0 Å². The van der Waals surface area contributed by atoms with Gasteiger partial charge in [-0.1, -0.05) is 17.7 Å². The van der Waals surface area contributed by atoms with Gasteiger partial charge in [0.2, 0.25) is 0 Å². The molecule has 1 heterocycles. The SMILES string of the molecule is C=O.Cc1cc(NC(=O)c2cc(Cl)ccc2OCCN2CCNCC2)ccc1/C=C\O. The lowest BCUT2D eigenvalue weighted by Gasteiger charge is -2.27. The second-order valence-electron chi connectivity index (χ2n) is 6.92. The Morgan fingerprint density at radius 1 is 1.26 bits per heavy atom. The number of aliphatic hydroxyl groups is 1. The standard InChI is InChI=1S/C22H26ClN3O3.CH2O/c1-16-14-19(4-2-17(16)6-12-27)25-22(28)20-15-18(23)3-5-21(20)29-13-11-26-9-7-24-8-10-26;1-2/h2-6,12,14-15,24,27H,7-11,13H2,1H3,(H,25,28);1H2/b12-6-;. The minimum absolute atomic E-state index is 0.283. The van der Waals surface area contributed by atoms with Crippen LogP contribution in [-0.2, 0) is 4.79 Å². The van der Waals surface area contributed by atoms with Crippen LogP contribution in [0.15, 0.2) is 42.7 Å². The number of carbonyl (C=O) groups is 2. The Hall–Kier alpha value is -2.87. The predicted octanol–water partition coefficient (Wildman–Crippen LogP) is 3.53. The number of piperazine rings is 1.